The van der Waals surface area contributed by atoms with Crippen LogP contribution < -0.4 is 10.7 Å². The van der Waals surface area contributed by atoms with Gasteiger partial charge in [0.05, 0.1) is 18.8 Å². The van der Waals surface area contributed by atoms with E-state index < -0.39 is 4.92 Å². The maximum Gasteiger partial charge on any atom is 0.433 e. The van der Waals surface area contributed by atoms with E-state index in [0.717, 1.165) is 26.2 Å². The Labute approximate surface area is 139 Å². The van der Waals surface area contributed by atoms with Crippen LogP contribution in [-0.4, -0.2) is 54.7 Å². The maximum atomic E-state index is 11.6. The lowest BCUT2D eigenvalue weighted by atomic mass is 10.3. The predicted molar refractivity (Wildman–Crippen MR) is 84.9 cm³/mol. The fraction of sp³-hybridized carbons (Fsp3) is 0.455. The molecule has 0 radical (unpaired) electrons. The number of hydrogen-bond acceptors (Lipinski definition) is 7. The molecule has 1 saturated heterocycles. The zero-order valence-electron chi connectivity index (χ0n) is 11.6. The van der Waals surface area contributed by atoms with Crippen LogP contribution in [0.4, 0.5) is 5.88 Å². The zero-order valence-corrected chi connectivity index (χ0v) is 13.2. The number of nitro groups is 1. The molecule has 1 amide bonds. The molecule has 1 aliphatic heterocycles. The Hall–Kier alpha value is -1.68. The number of furan rings is 1. The first-order valence-electron chi connectivity index (χ1n) is 6.14. The van der Waals surface area contributed by atoms with Crippen molar-refractivity contribution in [2.24, 2.45) is 5.10 Å². The number of piperazine rings is 1. The SMILES string of the molecule is Cl.Cl.O=C(CN1CCNCC1)N/N=C/c1ccc([N+](=O)[O-])o1. The van der Waals surface area contributed by atoms with Crippen molar-refractivity contribution in [3.05, 3.63) is 28.0 Å². The van der Waals surface area contributed by atoms with Crippen LogP contribution in [-0.2, 0) is 4.79 Å². The molecule has 1 aliphatic rings. The highest BCUT2D eigenvalue weighted by Crippen LogP contribution is 2.13. The second-order valence-corrected chi connectivity index (χ2v) is 4.25. The first-order valence-corrected chi connectivity index (χ1v) is 6.14. The number of carbonyl (C=O) groups excluding carboxylic acids is 1. The standard InChI is InChI=1S/C11H15N5O4.2ClH/c17-10(8-15-5-3-12-4-6-15)14-13-7-9-1-2-11(20-9)16(18)19;;/h1-2,7,12H,3-6,8H2,(H,14,17);2*1H/b13-7+;;. The van der Waals surface area contributed by atoms with Gasteiger partial charge < -0.3 is 9.73 Å². The number of rotatable bonds is 5. The second-order valence-electron chi connectivity index (χ2n) is 4.25. The number of nitrogens with zero attached hydrogens (tertiary/aromatic N) is 3. The van der Waals surface area contributed by atoms with E-state index in [4.69, 9.17) is 4.42 Å². The van der Waals surface area contributed by atoms with Gasteiger partial charge in [-0.1, -0.05) is 0 Å². The van der Waals surface area contributed by atoms with Crippen molar-refractivity contribution in [2.75, 3.05) is 32.7 Å². The second kappa shape index (κ2) is 10.1. The average molecular weight is 354 g/mol. The quantitative estimate of drug-likeness (QED) is 0.449. The van der Waals surface area contributed by atoms with Gasteiger partial charge in [0.2, 0.25) is 0 Å². The van der Waals surface area contributed by atoms with Crippen LogP contribution in [0, 0.1) is 10.1 Å². The molecule has 0 aliphatic carbocycles. The lowest BCUT2D eigenvalue weighted by Crippen LogP contribution is -2.47. The molecule has 124 valence electrons. The summed E-state index contributed by atoms with van der Waals surface area (Å²) in [5.74, 6) is -0.387. The molecule has 2 rings (SSSR count). The van der Waals surface area contributed by atoms with Crippen molar-refractivity contribution in [1.29, 1.82) is 0 Å². The molecule has 0 bridgehead atoms. The van der Waals surface area contributed by atoms with Crippen LogP contribution in [0.3, 0.4) is 0 Å². The Morgan fingerprint density at radius 2 is 2.14 bits per heavy atom. The minimum Gasteiger partial charge on any atom is -0.400 e. The largest absolute Gasteiger partial charge is 0.433 e. The molecule has 0 unspecified atom stereocenters. The lowest BCUT2D eigenvalue weighted by molar-refractivity contribution is -0.402. The molecule has 9 nitrogen and oxygen atoms in total. The summed E-state index contributed by atoms with van der Waals surface area (Å²) in [4.78, 5) is 23.4. The third-order valence-corrected chi connectivity index (χ3v) is 2.75. The van der Waals surface area contributed by atoms with Crippen molar-refractivity contribution < 1.29 is 14.1 Å². The van der Waals surface area contributed by atoms with Crippen molar-refractivity contribution in [3.63, 3.8) is 0 Å². The van der Waals surface area contributed by atoms with Crippen LogP contribution in [0.2, 0.25) is 0 Å². The molecule has 22 heavy (non-hydrogen) atoms. The van der Waals surface area contributed by atoms with E-state index in [1.165, 1.54) is 18.3 Å². The molecule has 11 heteroatoms. The predicted octanol–water partition coefficient (Wildman–Crippen LogP) is 0.387. The summed E-state index contributed by atoms with van der Waals surface area (Å²) < 4.78 is 4.86. The normalized spacial score (nSPS) is 14.9. The Balaban J connectivity index is 0.00000220. The molecular weight excluding hydrogens is 337 g/mol. The molecule has 1 fully saturated rings. The van der Waals surface area contributed by atoms with Gasteiger partial charge >= 0.3 is 5.88 Å². The fourth-order valence-corrected chi connectivity index (χ4v) is 1.79. The van der Waals surface area contributed by atoms with E-state index in [1.54, 1.807) is 0 Å². The summed E-state index contributed by atoms with van der Waals surface area (Å²) in [5, 5.41) is 17.3. The van der Waals surface area contributed by atoms with Crippen LogP contribution in [0.25, 0.3) is 0 Å². The van der Waals surface area contributed by atoms with Gasteiger partial charge in [-0.2, -0.15) is 5.10 Å². The average Bonchev–Trinajstić information content (AvgIpc) is 2.89. The molecule has 0 spiro atoms. The van der Waals surface area contributed by atoms with Gasteiger partial charge in [0.1, 0.15) is 4.92 Å². The maximum absolute atomic E-state index is 11.6. The van der Waals surface area contributed by atoms with Crippen LogP contribution in [0.1, 0.15) is 5.76 Å². The van der Waals surface area contributed by atoms with Crippen LogP contribution in [0.5, 0.6) is 0 Å². The molecule has 1 aromatic heterocycles. The summed E-state index contributed by atoms with van der Waals surface area (Å²) in [6.45, 7) is 3.65. The molecule has 1 aromatic rings. The number of amides is 1. The van der Waals surface area contributed by atoms with Gasteiger partial charge in [0, 0.05) is 26.2 Å². The summed E-state index contributed by atoms with van der Waals surface area (Å²) in [7, 11) is 0. The molecule has 0 aromatic carbocycles. The number of nitrogens with one attached hydrogen (secondary N) is 2. The first kappa shape index (κ1) is 20.3. The smallest absolute Gasteiger partial charge is 0.400 e. The van der Waals surface area contributed by atoms with E-state index in [1.807, 2.05) is 4.90 Å². The Bertz CT molecular complexity index is 516. The van der Waals surface area contributed by atoms with Gasteiger partial charge in [0.15, 0.2) is 5.76 Å². The highest BCUT2D eigenvalue weighted by Gasteiger charge is 2.13. The van der Waals surface area contributed by atoms with E-state index in [9.17, 15) is 14.9 Å². The molecule has 0 saturated carbocycles. The Morgan fingerprint density at radius 1 is 1.45 bits per heavy atom. The highest BCUT2D eigenvalue weighted by atomic mass is 35.5. The van der Waals surface area contributed by atoms with Crippen LogP contribution in [0.15, 0.2) is 21.7 Å². The Morgan fingerprint density at radius 3 is 2.73 bits per heavy atom. The van der Waals surface area contributed by atoms with E-state index in [-0.39, 0.29) is 48.9 Å². The minimum absolute atomic E-state index is 0. The summed E-state index contributed by atoms with van der Waals surface area (Å²) >= 11 is 0. The highest BCUT2D eigenvalue weighted by molar-refractivity contribution is 5.85. The van der Waals surface area contributed by atoms with Crippen molar-refractivity contribution >= 4 is 42.8 Å². The van der Waals surface area contributed by atoms with E-state index in [2.05, 4.69) is 15.8 Å². The summed E-state index contributed by atoms with van der Waals surface area (Å²) in [5.41, 5.74) is 2.36. The fourth-order valence-electron chi connectivity index (χ4n) is 1.79. The van der Waals surface area contributed by atoms with E-state index >= 15 is 0 Å². The topological polar surface area (TPSA) is 113 Å². The van der Waals surface area contributed by atoms with Gasteiger partial charge in [-0.15, -0.1) is 24.8 Å². The monoisotopic (exact) mass is 353 g/mol. The van der Waals surface area contributed by atoms with Gasteiger partial charge in [-0.25, -0.2) is 5.43 Å². The Kier molecular flexibility index (Phi) is 9.34. The zero-order chi connectivity index (χ0) is 14.4. The van der Waals surface area contributed by atoms with Crippen molar-refractivity contribution in [3.8, 4) is 0 Å². The number of hydrazone groups is 1. The molecule has 0 atom stereocenters. The van der Waals surface area contributed by atoms with Gasteiger partial charge in [0.25, 0.3) is 5.91 Å². The van der Waals surface area contributed by atoms with Crippen molar-refractivity contribution in [1.82, 2.24) is 15.6 Å². The first-order chi connectivity index (χ1) is 9.65. The van der Waals surface area contributed by atoms with E-state index in [0.29, 0.717) is 0 Å². The number of halogens is 2. The number of hydrogen-bond donors (Lipinski definition) is 2. The van der Waals surface area contributed by atoms with Crippen LogP contribution >= 0.6 is 24.8 Å². The third kappa shape index (κ3) is 6.39. The van der Waals surface area contributed by atoms with Gasteiger partial charge in [-0.05, 0) is 6.07 Å². The molecular formula is C11H17Cl2N5O4. The number of carbonyl (C=O) groups is 1. The summed E-state index contributed by atoms with van der Waals surface area (Å²) in [6, 6.07) is 2.63. The minimum atomic E-state index is -0.639. The summed E-state index contributed by atoms with van der Waals surface area (Å²) in [6.07, 6.45) is 1.22. The van der Waals surface area contributed by atoms with Gasteiger partial charge in [-0.3, -0.25) is 19.8 Å². The molecule has 2 N–H and O–H groups in total. The molecule has 2 heterocycles. The lowest BCUT2D eigenvalue weighted by Gasteiger charge is -2.25. The third-order valence-electron chi connectivity index (χ3n) is 2.75. The van der Waals surface area contributed by atoms with Crippen molar-refractivity contribution in [2.45, 2.75) is 0 Å².